The van der Waals surface area contributed by atoms with E-state index >= 15 is 0 Å². The third-order valence-corrected chi connectivity index (χ3v) is 15.8. The predicted molar refractivity (Wildman–Crippen MR) is 286 cm³/mol. The first-order chi connectivity index (χ1) is 34.0. The van der Waals surface area contributed by atoms with Crippen LogP contribution in [0.15, 0.2) is 58.5 Å². The van der Waals surface area contributed by atoms with Crippen LogP contribution in [-0.2, 0) is 78.4 Å². The lowest BCUT2D eigenvalue weighted by molar-refractivity contribution is -0.133. The van der Waals surface area contributed by atoms with Crippen LogP contribution >= 0.6 is 11.3 Å². The Morgan fingerprint density at radius 2 is 1.27 bits per heavy atom. The van der Waals surface area contributed by atoms with Crippen LogP contribution in [0.4, 0.5) is 28.8 Å². The summed E-state index contributed by atoms with van der Waals surface area (Å²) < 4.78 is 18.4. The Balaban J connectivity index is 0.000000206. The number of amides is 3. The molecule has 5 aliphatic rings. The standard InChI is InChI=1S/C31H31N7O4S.C19H26BN5O4.2CH4/c1-31(2)11-21-20-6-8-37(30(42)27(20)43-24(21)12-31)28-22(16-39)19(5-7-32-28)17-9-23(29(41)36(4)13-17)33-25-10-18-14-35(3)26(40)15-38(18)34-25;1-18(2)19(3,4)29-20(28-18)12-7-14(17(27)24(6)9-12)21-15-8-13-10-23(5)16(26)11-25(13)22-15;;/h5,7,9-10,13,16H,6,8,11-12,14-15H2,1-4H3,(H,33,34);7-9H,10-11H2,1-6H3,(H,21,22);2*1H4. The number of pyridine rings is 3. The minimum Gasteiger partial charge on any atom is -0.399 e. The molecular weight excluding hydrogens is 964 g/mol. The van der Waals surface area contributed by atoms with Gasteiger partial charge in [0.15, 0.2) is 17.9 Å². The van der Waals surface area contributed by atoms with E-state index in [4.69, 9.17) is 9.31 Å². The van der Waals surface area contributed by atoms with E-state index in [2.05, 4.69) is 39.7 Å². The Labute approximate surface area is 434 Å². The van der Waals surface area contributed by atoms with Gasteiger partial charge in [0.1, 0.15) is 30.3 Å². The van der Waals surface area contributed by atoms with Gasteiger partial charge in [-0.2, -0.15) is 10.2 Å². The van der Waals surface area contributed by atoms with Crippen LogP contribution in [0.1, 0.15) is 104 Å². The number of fused-ring (bicyclic) bond motifs is 5. The van der Waals surface area contributed by atoms with Crippen molar-refractivity contribution < 1.29 is 28.5 Å². The van der Waals surface area contributed by atoms with Crippen molar-refractivity contribution in [2.45, 2.75) is 113 Å². The number of anilines is 5. The summed E-state index contributed by atoms with van der Waals surface area (Å²) >= 11 is 1.58. The summed E-state index contributed by atoms with van der Waals surface area (Å²) in [5.74, 6) is 1.12. The molecule has 74 heavy (non-hydrogen) atoms. The number of aromatic nitrogens is 7. The average Bonchev–Trinajstić information content (AvgIpc) is 4.10. The number of likely N-dealkylation sites (N-methyl/N-ethyl adjacent to an activating group) is 2. The summed E-state index contributed by atoms with van der Waals surface area (Å²) in [5, 5.41) is 15.1. The molecule has 1 fully saturated rings. The molecule has 0 atom stereocenters. The fourth-order valence-electron chi connectivity index (χ4n) is 9.89. The summed E-state index contributed by atoms with van der Waals surface area (Å²) in [6, 6.07) is 8.79. The fourth-order valence-corrected chi connectivity index (χ4v) is 11.5. The van der Waals surface area contributed by atoms with Gasteiger partial charge >= 0.3 is 7.12 Å². The van der Waals surface area contributed by atoms with Crippen LogP contribution in [-0.4, -0.2) is 106 Å². The number of rotatable bonds is 8. The number of hydrogen-bond donors (Lipinski definition) is 2. The molecule has 390 valence electrons. The SMILES string of the molecule is C.C.CN1Cc2cc(Nc3cc(-c4ccnc(N5CCc6c(sc7c6CC(C)(C)C7)C5=O)c4C=O)cn(C)c3=O)nn2CC1=O.CN1Cc2cc(Nc3cc(B4OC(C)(C)C(C)(C)O4)cn(C)c3=O)nn2CC1=O. The number of thiophene rings is 1. The molecule has 0 spiro atoms. The minimum atomic E-state index is -0.575. The molecule has 2 N–H and O–H groups in total. The van der Waals surface area contributed by atoms with Crippen molar-refractivity contribution >= 4 is 76.8 Å². The highest BCUT2D eigenvalue weighted by Crippen LogP contribution is 2.46. The van der Waals surface area contributed by atoms with Crippen molar-refractivity contribution in [2.24, 2.45) is 19.5 Å². The number of hydrogen-bond acceptors (Lipinski definition) is 14. The zero-order valence-corrected chi connectivity index (χ0v) is 42.9. The number of nitrogens with zero attached hydrogens (tertiary/aromatic N) is 10. The van der Waals surface area contributed by atoms with Gasteiger partial charge in [-0.25, -0.2) is 4.98 Å². The van der Waals surface area contributed by atoms with Crippen LogP contribution in [0.25, 0.3) is 11.1 Å². The van der Waals surface area contributed by atoms with Crippen molar-refractivity contribution in [3.63, 3.8) is 0 Å². The summed E-state index contributed by atoms with van der Waals surface area (Å²) in [6.45, 7) is 14.2. The molecule has 1 aliphatic carbocycles. The van der Waals surface area contributed by atoms with E-state index in [9.17, 15) is 28.8 Å². The van der Waals surface area contributed by atoms with Gasteiger partial charge in [-0.3, -0.25) is 43.0 Å². The van der Waals surface area contributed by atoms with Crippen molar-refractivity contribution in [3.05, 3.63) is 107 Å². The largest absolute Gasteiger partial charge is 0.496 e. The van der Waals surface area contributed by atoms with Gasteiger partial charge in [0.05, 0.1) is 46.1 Å². The zero-order chi connectivity index (χ0) is 51.3. The molecule has 0 radical (unpaired) electrons. The van der Waals surface area contributed by atoms with Crippen LogP contribution in [0, 0.1) is 5.41 Å². The smallest absolute Gasteiger partial charge is 0.399 e. The first-order valence-electron chi connectivity index (χ1n) is 23.8. The molecule has 1 saturated heterocycles. The molecule has 4 aliphatic heterocycles. The molecular formula is C52H65BN12O8S. The lowest BCUT2D eigenvalue weighted by Crippen LogP contribution is -2.41. The topological polar surface area (TPSA) is 213 Å². The van der Waals surface area contributed by atoms with E-state index in [0.29, 0.717) is 53.9 Å². The second kappa shape index (κ2) is 19.3. The van der Waals surface area contributed by atoms with E-state index < -0.39 is 18.3 Å². The number of aldehydes is 1. The minimum absolute atomic E-state index is 0. The van der Waals surface area contributed by atoms with E-state index in [1.54, 1.807) is 100 Å². The Bertz CT molecular complexity index is 3370. The Morgan fingerprint density at radius 1 is 0.716 bits per heavy atom. The summed E-state index contributed by atoms with van der Waals surface area (Å²) in [6.07, 6.45) is 8.37. The van der Waals surface area contributed by atoms with Crippen LogP contribution < -0.4 is 32.1 Å². The second-order valence-corrected chi connectivity index (χ2v) is 22.2. The first kappa shape index (κ1) is 53.1. The molecule has 6 aromatic heterocycles. The van der Waals surface area contributed by atoms with E-state index in [1.165, 1.54) is 19.6 Å². The normalized spacial score (nSPS) is 17.8. The first-order valence-corrected chi connectivity index (χ1v) is 24.6. The molecule has 11 rings (SSSR count). The molecule has 22 heteroatoms. The third-order valence-electron chi connectivity index (χ3n) is 14.6. The number of aryl methyl sites for hydroxylation is 2. The quantitative estimate of drug-likeness (QED) is 0.144. The maximum Gasteiger partial charge on any atom is 0.496 e. The highest BCUT2D eigenvalue weighted by Gasteiger charge is 2.52. The summed E-state index contributed by atoms with van der Waals surface area (Å²) in [7, 11) is 6.25. The van der Waals surface area contributed by atoms with Crippen LogP contribution in [0.5, 0.6) is 0 Å². The number of nitrogens with one attached hydrogen (secondary N) is 2. The van der Waals surface area contributed by atoms with Crippen molar-refractivity contribution in [1.82, 2.24) is 43.5 Å². The molecule has 20 nitrogen and oxygen atoms in total. The molecule has 10 heterocycles. The van der Waals surface area contributed by atoms with Gasteiger partial charge < -0.3 is 38.9 Å². The zero-order valence-electron chi connectivity index (χ0n) is 42.1. The lowest BCUT2D eigenvalue weighted by atomic mass is 9.80. The van der Waals surface area contributed by atoms with Crippen molar-refractivity contribution in [2.75, 3.05) is 36.2 Å². The van der Waals surface area contributed by atoms with Crippen molar-refractivity contribution in [3.8, 4) is 11.1 Å². The maximum atomic E-state index is 13.8. The number of carbonyl (C=O) groups is 4. The molecule has 3 amide bonds. The van der Waals surface area contributed by atoms with Gasteiger partial charge in [-0.15, -0.1) is 11.3 Å². The Hall–Kier alpha value is -7.17. The van der Waals surface area contributed by atoms with Gasteiger partial charge in [0, 0.05) is 81.4 Å². The maximum absolute atomic E-state index is 13.8. The van der Waals surface area contributed by atoms with Crippen molar-refractivity contribution in [1.29, 1.82) is 0 Å². The van der Waals surface area contributed by atoms with Gasteiger partial charge in [-0.1, -0.05) is 28.7 Å². The molecule has 0 unspecified atom stereocenters. The van der Waals surface area contributed by atoms with E-state index in [-0.39, 0.29) is 73.4 Å². The highest BCUT2D eigenvalue weighted by molar-refractivity contribution is 7.14. The molecule has 6 aromatic rings. The average molecular weight is 1030 g/mol. The predicted octanol–water partition coefficient (Wildman–Crippen LogP) is 5.43. The van der Waals surface area contributed by atoms with E-state index in [1.807, 2.05) is 39.8 Å². The van der Waals surface area contributed by atoms with Gasteiger partial charge in [-0.05, 0) is 87.3 Å². The third kappa shape index (κ3) is 9.49. The fraction of sp³-hybridized carbons (Fsp3) is 0.442. The number of carbonyl (C=O) groups excluding carboxylic acids is 4. The highest BCUT2D eigenvalue weighted by atomic mass is 32.1. The molecule has 0 aromatic carbocycles. The molecule has 0 saturated carbocycles. The monoisotopic (exact) mass is 1030 g/mol. The second-order valence-electron chi connectivity index (χ2n) is 21.1. The Morgan fingerprint density at radius 3 is 1.84 bits per heavy atom. The van der Waals surface area contributed by atoms with E-state index in [0.717, 1.165) is 52.8 Å². The van der Waals surface area contributed by atoms with Gasteiger partial charge in [0.2, 0.25) is 11.8 Å². The van der Waals surface area contributed by atoms with Crippen LogP contribution in [0.2, 0.25) is 0 Å². The molecule has 0 bridgehead atoms. The van der Waals surface area contributed by atoms with Gasteiger partial charge in [0.25, 0.3) is 17.0 Å². The summed E-state index contributed by atoms with van der Waals surface area (Å²) in [4.78, 5) is 87.5. The lowest BCUT2D eigenvalue weighted by Gasteiger charge is -2.32. The Kier molecular flexibility index (Phi) is 13.8. The summed E-state index contributed by atoms with van der Waals surface area (Å²) in [5.41, 5.74) is 5.88. The van der Waals surface area contributed by atoms with Crippen LogP contribution in [0.3, 0.4) is 0 Å².